The van der Waals surface area contributed by atoms with Gasteiger partial charge in [0.1, 0.15) is 0 Å². The third-order valence-electron chi connectivity index (χ3n) is 5.40. The minimum atomic E-state index is -0.209. The zero-order valence-electron chi connectivity index (χ0n) is 19.0. The van der Waals surface area contributed by atoms with E-state index in [0.717, 1.165) is 16.7 Å². The van der Waals surface area contributed by atoms with Crippen molar-refractivity contribution in [3.63, 3.8) is 0 Å². The van der Waals surface area contributed by atoms with Crippen LogP contribution < -0.4 is 10.6 Å². The molecular weight excluding hydrogens is 446 g/mol. The molecule has 0 saturated heterocycles. The lowest BCUT2D eigenvalue weighted by Crippen LogP contribution is -2.16. The SMILES string of the molecule is Cc1cccc(-c2n[nH]c(=S)n2CCC(=O)Nc2cc(NC(=O)c3ccccc3)ccc2C)c1. The summed E-state index contributed by atoms with van der Waals surface area (Å²) in [4.78, 5) is 25.2. The molecule has 4 aromatic rings. The number of hydrogen-bond donors (Lipinski definition) is 3. The molecule has 3 N–H and O–H groups in total. The lowest BCUT2D eigenvalue weighted by Gasteiger charge is -2.12. The maximum absolute atomic E-state index is 12.8. The number of aromatic amines is 1. The Labute approximate surface area is 202 Å². The lowest BCUT2D eigenvalue weighted by atomic mass is 10.1. The number of anilines is 2. The quantitative estimate of drug-likeness (QED) is 0.310. The Morgan fingerprint density at radius 3 is 2.53 bits per heavy atom. The van der Waals surface area contributed by atoms with Crippen LogP contribution in [0.5, 0.6) is 0 Å². The second-order valence-electron chi connectivity index (χ2n) is 8.02. The topological polar surface area (TPSA) is 91.8 Å². The minimum absolute atomic E-state index is 0.159. The molecule has 1 heterocycles. The highest BCUT2D eigenvalue weighted by atomic mass is 32.1. The predicted molar refractivity (Wildman–Crippen MR) is 136 cm³/mol. The van der Waals surface area contributed by atoms with E-state index in [2.05, 4.69) is 20.8 Å². The Hall–Kier alpha value is -4.04. The van der Waals surface area contributed by atoms with Crippen LogP contribution in [0.25, 0.3) is 11.4 Å². The Morgan fingerprint density at radius 2 is 1.76 bits per heavy atom. The van der Waals surface area contributed by atoms with Crippen LogP contribution in [0, 0.1) is 18.6 Å². The molecule has 34 heavy (non-hydrogen) atoms. The Kier molecular flexibility index (Phi) is 6.98. The van der Waals surface area contributed by atoms with Gasteiger partial charge in [0.15, 0.2) is 10.6 Å². The Balaban J connectivity index is 1.43. The van der Waals surface area contributed by atoms with E-state index in [0.29, 0.717) is 34.1 Å². The summed E-state index contributed by atoms with van der Waals surface area (Å²) < 4.78 is 2.29. The van der Waals surface area contributed by atoms with Crippen LogP contribution in [-0.4, -0.2) is 26.6 Å². The van der Waals surface area contributed by atoms with Gasteiger partial charge in [-0.3, -0.25) is 19.3 Å². The largest absolute Gasteiger partial charge is 0.326 e. The summed E-state index contributed by atoms with van der Waals surface area (Å²) >= 11 is 5.38. The summed E-state index contributed by atoms with van der Waals surface area (Å²) in [5.74, 6) is 0.330. The molecule has 0 bridgehead atoms. The highest BCUT2D eigenvalue weighted by molar-refractivity contribution is 7.71. The van der Waals surface area contributed by atoms with E-state index in [1.54, 1.807) is 18.2 Å². The second kappa shape index (κ2) is 10.3. The molecule has 0 aliphatic carbocycles. The number of benzene rings is 3. The fourth-order valence-electron chi connectivity index (χ4n) is 3.58. The zero-order valence-corrected chi connectivity index (χ0v) is 19.8. The molecule has 2 amide bonds. The summed E-state index contributed by atoms with van der Waals surface area (Å²) in [5, 5.41) is 13.0. The molecule has 0 radical (unpaired) electrons. The maximum Gasteiger partial charge on any atom is 0.255 e. The first-order valence-electron chi connectivity index (χ1n) is 10.9. The van der Waals surface area contributed by atoms with Crippen LogP contribution in [0.1, 0.15) is 27.9 Å². The van der Waals surface area contributed by atoms with E-state index in [1.165, 1.54) is 0 Å². The van der Waals surface area contributed by atoms with Crippen molar-refractivity contribution in [3.05, 3.63) is 94.3 Å². The Bertz CT molecular complexity index is 1390. The van der Waals surface area contributed by atoms with E-state index in [9.17, 15) is 9.59 Å². The van der Waals surface area contributed by atoms with E-state index >= 15 is 0 Å². The summed E-state index contributed by atoms with van der Waals surface area (Å²) in [6.07, 6.45) is 0.215. The maximum atomic E-state index is 12.8. The van der Waals surface area contributed by atoms with Crippen molar-refractivity contribution in [1.82, 2.24) is 14.8 Å². The third-order valence-corrected chi connectivity index (χ3v) is 5.71. The van der Waals surface area contributed by atoms with Gasteiger partial charge >= 0.3 is 0 Å². The van der Waals surface area contributed by atoms with Crippen LogP contribution in [0.4, 0.5) is 11.4 Å². The molecule has 0 atom stereocenters. The van der Waals surface area contributed by atoms with Crippen molar-refractivity contribution in [3.8, 4) is 11.4 Å². The van der Waals surface area contributed by atoms with E-state index < -0.39 is 0 Å². The molecule has 172 valence electrons. The molecule has 7 nitrogen and oxygen atoms in total. The van der Waals surface area contributed by atoms with Crippen molar-refractivity contribution in [2.75, 3.05) is 10.6 Å². The number of carbonyl (C=O) groups is 2. The molecule has 4 rings (SSSR count). The molecule has 0 aliphatic rings. The van der Waals surface area contributed by atoms with Gasteiger partial charge in [0.2, 0.25) is 5.91 Å². The molecule has 0 fully saturated rings. The van der Waals surface area contributed by atoms with Crippen molar-refractivity contribution >= 4 is 35.4 Å². The van der Waals surface area contributed by atoms with E-state index in [1.807, 2.05) is 73.0 Å². The molecule has 0 unspecified atom stereocenters. The number of hydrogen-bond acceptors (Lipinski definition) is 4. The Morgan fingerprint density at radius 1 is 0.971 bits per heavy atom. The molecule has 0 saturated carbocycles. The number of carbonyl (C=O) groups excluding carboxylic acids is 2. The lowest BCUT2D eigenvalue weighted by molar-refractivity contribution is -0.116. The molecule has 3 aromatic carbocycles. The smallest absolute Gasteiger partial charge is 0.255 e. The highest BCUT2D eigenvalue weighted by Crippen LogP contribution is 2.22. The van der Waals surface area contributed by atoms with Gasteiger partial charge in [0, 0.05) is 35.5 Å². The molecular formula is C26H25N5O2S. The summed E-state index contributed by atoms with van der Waals surface area (Å²) in [6, 6.07) is 22.4. The molecule has 8 heteroatoms. The van der Waals surface area contributed by atoms with Gasteiger partial charge in [0.25, 0.3) is 5.91 Å². The average Bonchev–Trinajstić information content (AvgIpc) is 3.20. The number of nitrogens with one attached hydrogen (secondary N) is 3. The fourth-order valence-corrected chi connectivity index (χ4v) is 3.81. The first kappa shape index (κ1) is 23.1. The molecule has 1 aromatic heterocycles. The van der Waals surface area contributed by atoms with Gasteiger partial charge in [0.05, 0.1) is 0 Å². The van der Waals surface area contributed by atoms with Crippen LogP contribution >= 0.6 is 12.2 Å². The van der Waals surface area contributed by atoms with Crippen molar-refractivity contribution in [2.45, 2.75) is 26.8 Å². The normalized spacial score (nSPS) is 10.6. The number of nitrogens with zero attached hydrogens (tertiary/aromatic N) is 2. The van der Waals surface area contributed by atoms with Crippen molar-refractivity contribution in [1.29, 1.82) is 0 Å². The molecule has 0 aliphatic heterocycles. The van der Waals surface area contributed by atoms with Gasteiger partial charge in [-0.1, -0.05) is 48.0 Å². The van der Waals surface area contributed by atoms with Crippen molar-refractivity contribution < 1.29 is 9.59 Å². The van der Waals surface area contributed by atoms with Crippen molar-refractivity contribution in [2.24, 2.45) is 0 Å². The number of H-pyrrole nitrogens is 1. The highest BCUT2D eigenvalue weighted by Gasteiger charge is 2.13. The number of amides is 2. The van der Waals surface area contributed by atoms with Gasteiger partial charge < -0.3 is 10.6 Å². The number of aromatic nitrogens is 3. The number of rotatable bonds is 7. The first-order valence-corrected chi connectivity index (χ1v) is 11.3. The van der Waals surface area contributed by atoms with Gasteiger partial charge in [-0.15, -0.1) is 0 Å². The zero-order chi connectivity index (χ0) is 24.1. The molecule has 0 spiro atoms. The first-order chi connectivity index (χ1) is 16.4. The van der Waals surface area contributed by atoms with Crippen LogP contribution in [0.3, 0.4) is 0 Å². The minimum Gasteiger partial charge on any atom is -0.326 e. The predicted octanol–water partition coefficient (Wildman–Crippen LogP) is 5.51. The van der Waals surface area contributed by atoms with Gasteiger partial charge in [-0.25, -0.2) is 0 Å². The van der Waals surface area contributed by atoms with Crippen LogP contribution in [0.2, 0.25) is 0 Å². The summed E-state index contributed by atoms with van der Waals surface area (Å²) in [5.41, 5.74) is 4.76. The van der Waals surface area contributed by atoms with Gasteiger partial charge in [-0.2, -0.15) is 5.10 Å². The summed E-state index contributed by atoms with van der Waals surface area (Å²) in [7, 11) is 0. The van der Waals surface area contributed by atoms with Crippen LogP contribution in [0.15, 0.2) is 72.8 Å². The van der Waals surface area contributed by atoms with Crippen LogP contribution in [-0.2, 0) is 11.3 Å². The fraction of sp³-hybridized carbons (Fsp3) is 0.154. The number of aryl methyl sites for hydroxylation is 2. The second-order valence-corrected chi connectivity index (χ2v) is 8.41. The third kappa shape index (κ3) is 5.47. The summed E-state index contributed by atoms with van der Waals surface area (Å²) in [6.45, 7) is 4.30. The van der Waals surface area contributed by atoms with E-state index in [-0.39, 0.29) is 18.2 Å². The standard InChI is InChI=1S/C26H25N5O2S/c1-17-7-6-10-20(15-17)24-29-30-26(34)31(24)14-13-23(32)28-22-16-21(12-11-18(22)2)27-25(33)19-8-4-3-5-9-19/h3-12,15-16H,13-14H2,1-2H3,(H,27,33)(H,28,32)(H,30,34). The van der Waals surface area contributed by atoms with E-state index in [4.69, 9.17) is 12.2 Å². The average molecular weight is 472 g/mol. The monoisotopic (exact) mass is 471 g/mol. The van der Waals surface area contributed by atoms with Gasteiger partial charge in [-0.05, 0) is 62.0 Å².